The van der Waals surface area contributed by atoms with Gasteiger partial charge in [0.1, 0.15) is 0 Å². The summed E-state index contributed by atoms with van der Waals surface area (Å²) in [6, 6.07) is 0. The lowest BCUT2D eigenvalue weighted by Crippen LogP contribution is -2.53. The SMILES string of the molecule is CCCNC1(CO)CCCC(OCCC(C)C)C1. The molecule has 0 heterocycles. The summed E-state index contributed by atoms with van der Waals surface area (Å²) in [6.07, 6.45) is 6.91. The first-order chi connectivity index (χ1) is 8.62. The zero-order valence-corrected chi connectivity index (χ0v) is 12.4. The minimum absolute atomic E-state index is 0.0866. The third-order valence-corrected chi connectivity index (χ3v) is 3.90. The van der Waals surface area contributed by atoms with E-state index < -0.39 is 0 Å². The topological polar surface area (TPSA) is 41.5 Å². The maximum atomic E-state index is 9.68. The summed E-state index contributed by atoms with van der Waals surface area (Å²) in [6.45, 7) is 8.70. The molecule has 1 rings (SSSR count). The van der Waals surface area contributed by atoms with Gasteiger partial charge in [-0.15, -0.1) is 0 Å². The Morgan fingerprint density at radius 3 is 2.83 bits per heavy atom. The summed E-state index contributed by atoms with van der Waals surface area (Å²) in [7, 11) is 0. The highest BCUT2D eigenvalue weighted by Gasteiger charge is 2.35. The largest absolute Gasteiger partial charge is 0.394 e. The zero-order chi connectivity index (χ0) is 13.4. The van der Waals surface area contributed by atoms with Crippen LogP contribution in [-0.2, 0) is 4.74 Å². The van der Waals surface area contributed by atoms with Crippen LogP contribution in [0.5, 0.6) is 0 Å². The summed E-state index contributed by atoms with van der Waals surface area (Å²) in [5.41, 5.74) is -0.0866. The Labute approximate surface area is 112 Å². The normalized spacial score (nSPS) is 28.8. The van der Waals surface area contributed by atoms with Crippen LogP contribution in [0.3, 0.4) is 0 Å². The van der Waals surface area contributed by atoms with Crippen LogP contribution in [0.15, 0.2) is 0 Å². The molecule has 2 unspecified atom stereocenters. The molecular weight excluding hydrogens is 226 g/mol. The Hall–Kier alpha value is -0.120. The summed E-state index contributed by atoms with van der Waals surface area (Å²) in [5, 5.41) is 13.2. The lowest BCUT2D eigenvalue weighted by molar-refractivity contribution is -0.0189. The Balaban J connectivity index is 2.37. The maximum absolute atomic E-state index is 9.68. The zero-order valence-electron chi connectivity index (χ0n) is 12.4. The van der Waals surface area contributed by atoms with Crippen molar-refractivity contribution >= 4 is 0 Å². The van der Waals surface area contributed by atoms with Crippen molar-refractivity contribution < 1.29 is 9.84 Å². The quantitative estimate of drug-likeness (QED) is 0.702. The molecule has 1 saturated carbocycles. The third kappa shape index (κ3) is 5.25. The lowest BCUT2D eigenvalue weighted by Gasteiger charge is -2.40. The van der Waals surface area contributed by atoms with Crippen LogP contribution in [0.25, 0.3) is 0 Å². The van der Waals surface area contributed by atoms with Crippen molar-refractivity contribution in [2.75, 3.05) is 19.8 Å². The van der Waals surface area contributed by atoms with Gasteiger partial charge in [0.05, 0.1) is 12.7 Å². The average Bonchev–Trinajstić information content (AvgIpc) is 2.36. The molecule has 0 spiro atoms. The van der Waals surface area contributed by atoms with Gasteiger partial charge in [-0.05, 0) is 51.0 Å². The molecule has 0 aromatic heterocycles. The summed E-state index contributed by atoms with van der Waals surface area (Å²) < 4.78 is 5.98. The molecule has 2 atom stereocenters. The lowest BCUT2D eigenvalue weighted by atomic mass is 9.80. The van der Waals surface area contributed by atoms with Gasteiger partial charge in [-0.3, -0.25) is 0 Å². The molecule has 0 amide bonds. The van der Waals surface area contributed by atoms with Crippen LogP contribution < -0.4 is 5.32 Å². The van der Waals surface area contributed by atoms with Gasteiger partial charge >= 0.3 is 0 Å². The Morgan fingerprint density at radius 1 is 1.44 bits per heavy atom. The molecule has 0 aromatic rings. The fraction of sp³-hybridized carbons (Fsp3) is 1.00. The number of aliphatic hydroxyl groups excluding tert-OH is 1. The first-order valence-corrected chi connectivity index (χ1v) is 7.59. The van der Waals surface area contributed by atoms with E-state index in [4.69, 9.17) is 4.74 Å². The Bertz CT molecular complexity index is 221. The molecule has 1 fully saturated rings. The van der Waals surface area contributed by atoms with Crippen molar-refractivity contribution in [2.45, 2.75) is 70.9 Å². The van der Waals surface area contributed by atoms with Gasteiger partial charge in [0.25, 0.3) is 0 Å². The van der Waals surface area contributed by atoms with Gasteiger partial charge in [-0.25, -0.2) is 0 Å². The van der Waals surface area contributed by atoms with Crippen molar-refractivity contribution in [3.8, 4) is 0 Å². The highest BCUT2D eigenvalue weighted by atomic mass is 16.5. The molecule has 0 aliphatic heterocycles. The van der Waals surface area contributed by atoms with Gasteiger partial charge in [-0.1, -0.05) is 20.8 Å². The standard InChI is InChI=1S/C15H31NO2/c1-4-9-16-15(12-17)8-5-6-14(11-15)18-10-7-13(2)3/h13-14,16-17H,4-12H2,1-3H3. The van der Waals surface area contributed by atoms with Crippen LogP contribution in [0.4, 0.5) is 0 Å². The second-order valence-corrected chi connectivity index (χ2v) is 6.14. The smallest absolute Gasteiger partial charge is 0.0614 e. The van der Waals surface area contributed by atoms with Crippen LogP contribution in [-0.4, -0.2) is 36.5 Å². The number of nitrogens with one attached hydrogen (secondary N) is 1. The number of aliphatic hydroxyl groups is 1. The molecule has 0 saturated heterocycles. The van der Waals surface area contributed by atoms with Crippen molar-refractivity contribution in [1.29, 1.82) is 0 Å². The molecule has 0 radical (unpaired) electrons. The average molecular weight is 257 g/mol. The molecule has 108 valence electrons. The van der Waals surface area contributed by atoms with E-state index in [9.17, 15) is 5.11 Å². The van der Waals surface area contributed by atoms with Gasteiger partial charge in [0, 0.05) is 12.1 Å². The van der Waals surface area contributed by atoms with E-state index in [-0.39, 0.29) is 12.1 Å². The van der Waals surface area contributed by atoms with Crippen LogP contribution >= 0.6 is 0 Å². The van der Waals surface area contributed by atoms with E-state index in [1.165, 1.54) is 0 Å². The molecule has 18 heavy (non-hydrogen) atoms. The molecule has 0 aromatic carbocycles. The molecule has 2 N–H and O–H groups in total. The summed E-state index contributed by atoms with van der Waals surface area (Å²) in [4.78, 5) is 0. The number of rotatable bonds is 8. The van der Waals surface area contributed by atoms with E-state index in [2.05, 4.69) is 26.1 Å². The fourth-order valence-corrected chi connectivity index (χ4v) is 2.67. The molecular formula is C15H31NO2. The van der Waals surface area contributed by atoms with Crippen molar-refractivity contribution in [2.24, 2.45) is 5.92 Å². The highest BCUT2D eigenvalue weighted by molar-refractivity contribution is 4.93. The second-order valence-electron chi connectivity index (χ2n) is 6.14. The van der Waals surface area contributed by atoms with E-state index in [0.717, 1.165) is 51.7 Å². The molecule has 3 heteroatoms. The van der Waals surface area contributed by atoms with Crippen LogP contribution in [0.1, 0.15) is 59.3 Å². The minimum Gasteiger partial charge on any atom is -0.394 e. The number of ether oxygens (including phenoxy) is 1. The number of hydrogen-bond donors (Lipinski definition) is 2. The summed E-state index contributed by atoms with van der Waals surface area (Å²) in [5.74, 6) is 0.703. The van der Waals surface area contributed by atoms with Crippen LogP contribution in [0.2, 0.25) is 0 Å². The van der Waals surface area contributed by atoms with Gasteiger partial charge in [0.15, 0.2) is 0 Å². The van der Waals surface area contributed by atoms with Crippen molar-refractivity contribution in [1.82, 2.24) is 5.32 Å². The molecule has 3 nitrogen and oxygen atoms in total. The van der Waals surface area contributed by atoms with E-state index in [0.29, 0.717) is 12.0 Å². The molecule has 1 aliphatic rings. The molecule has 1 aliphatic carbocycles. The number of hydrogen-bond acceptors (Lipinski definition) is 3. The first kappa shape index (κ1) is 15.9. The Kier molecular flexibility index (Phi) is 7.20. The highest BCUT2D eigenvalue weighted by Crippen LogP contribution is 2.30. The fourth-order valence-electron chi connectivity index (χ4n) is 2.67. The predicted molar refractivity (Wildman–Crippen MR) is 75.8 cm³/mol. The van der Waals surface area contributed by atoms with E-state index >= 15 is 0 Å². The molecule has 0 bridgehead atoms. The maximum Gasteiger partial charge on any atom is 0.0614 e. The second kappa shape index (κ2) is 8.13. The minimum atomic E-state index is -0.0866. The van der Waals surface area contributed by atoms with E-state index in [1.807, 2.05) is 0 Å². The predicted octanol–water partition coefficient (Wildman–Crippen LogP) is 2.72. The van der Waals surface area contributed by atoms with Gasteiger partial charge in [0.2, 0.25) is 0 Å². The van der Waals surface area contributed by atoms with E-state index in [1.54, 1.807) is 0 Å². The van der Waals surface area contributed by atoms with Crippen LogP contribution in [0, 0.1) is 5.92 Å². The summed E-state index contributed by atoms with van der Waals surface area (Å²) >= 11 is 0. The van der Waals surface area contributed by atoms with Gasteiger partial charge in [-0.2, -0.15) is 0 Å². The van der Waals surface area contributed by atoms with Crippen molar-refractivity contribution in [3.05, 3.63) is 0 Å². The van der Waals surface area contributed by atoms with Gasteiger partial charge < -0.3 is 15.2 Å². The Morgan fingerprint density at radius 2 is 2.22 bits per heavy atom. The third-order valence-electron chi connectivity index (χ3n) is 3.90. The first-order valence-electron chi connectivity index (χ1n) is 7.59. The van der Waals surface area contributed by atoms with Crippen molar-refractivity contribution in [3.63, 3.8) is 0 Å². The monoisotopic (exact) mass is 257 g/mol.